The third-order valence-corrected chi connectivity index (χ3v) is 4.57. The van der Waals surface area contributed by atoms with Crippen LogP contribution in [0.2, 0.25) is 0 Å². The molecule has 0 aromatic heterocycles. The van der Waals surface area contributed by atoms with Gasteiger partial charge in [0, 0.05) is 6.66 Å². The first-order valence-corrected chi connectivity index (χ1v) is 8.77. The van der Waals surface area contributed by atoms with Crippen molar-refractivity contribution < 1.29 is 9.05 Å². The van der Waals surface area contributed by atoms with Crippen LogP contribution in [0.25, 0.3) is 0 Å². The van der Waals surface area contributed by atoms with E-state index in [2.05, 4.69) is 13.0 Å². The zero-order valence-corrected chi connectivity index (χ0v) is 12.6. The Morgan fingerprint density at radius 3 is 2.50 bits per heavy atom. The van der Waals surface area contributed by atoms with Gasteiger partial charge in [-0.3, -0.25) is 0 Å². The van der Waals surface area contributed by atoms with Gasteiger partial charge in [0.15, 0.2) is 8.38 Å². The normalized spacial score (nSPS) is 23.6. The van der Waals surface area contributed by atoms with Crippen molar-refractivity contribution >= 4 is 8.38 Å². The van der Waals surface area contributed by atoms with E-state index in [0.29, 0.717) is 13.0 Å². The van der Waals surface area contributed by atoms with Crippen LogP contribution >= 0.6 is 8.38 Å². The molecule has 0 radical (unpaired) electrons. The number of nitriles is 1. The van der Waals surface area contributed by atoms with Gasteiger partial charge in [-0.25, -0.2) is 0 Å². The highest BCUT2D eigenvalue weighted by atomic mass is 31.2. The number of nitrogens with zero attached hydrogens (tertiary/aromatic N) is 1. The van der Waals surface area contributed by atoms with E-state index in [-0.39, 0.29) is 0 Å². The Labute approximate surface area is 113 Å². The molecule has 0 aromatic rings. The highest BCUT2D eigenvalue weighted by molar-refractivity contribution is 7.46. The first-order chi connectivity index (χ1) is 8.77. The minimum absolute atomic E-state index is 0.456. The van der Waals surface area contributed by atoms with E-state index in [1.807, 2.05) is 6.66 Å². The number of unbranched alkanes of at least 4 members (excludes halogenated alkanes) is 1. The predicted octanol–water partition coefficient (Wildman–Crippen LogP) is 4.48. The van der Waals surface area contributed by atoms with Crippen molar-refractivity contribution in [3.8, 4) is 6.07 Å². The van der Waals surface area contributed by atoms with Crippen LogP contribution in [0.5, 0.6) is 0 Å². The topological polar surface area (TPSA) is 42.2 Å². The summed E-state index contributed by atoms with van der Waals surface area (Å²) in [6, 6.07) is 2.06. The zero-order chi connectivity index (χ0) is 13.2. The molecule has 1 saturated carbocycles. The largest absolute Gasteiger partial charge is 0.334 e. The molecule has 3 nitrogen and oxygen atoms in total. The third-order valence-electron chi connectivity index (χ3n) is 3.48. The Balaban J connectivity index is 1.86. The fourth-order valence-electron chi connectivity index (χ4n) is 2.28. The van der Waals surface area contributed by atoms with Crippen molar-refractivity contribution in [3.63, 3.8) is 0 Å². The smallest absolute Gasteiger partial charge is 0.167 e. The molecule has 18 heavy (non-hydrogen) atoms. The van der Waals surface area contributed by atoms with Crippen molar-refractivity contribution in [1.82, 2.24) is 0 Å². The van der Waals surface area contributed by atoms with Crippen LogP contribution in [0, 0.1) is 23.2 Å². The van der Waals surface area contributed by atoms with E-state index in [1.165, 1.54) is 32.1 Å². The summed E-state index contributed by atoms with van der Waals surface area (Å²) in [6.45, 7) is 5.54. The van der Waals surface area contributed by atoms with Gasteiger partial charge in [0.25, 0.3) is 0 Å². The summed E-state index contributed by atoms with van der Waals surface area (Å²) < 4.78 is 11.0. The maximum atomic E-state index is 8.38. The highest BCUT2D eigenvalue weighted by Gasteiger charge is 2.34. The lowest BCUT2D eigenvalue weighted by atomic mass is 10.1. The molecule has 0 amide bonds. The van der Waals surface area contributed by atoms with E-state index in [9.17, 15) is 0 Å². The number of hydrogen-bond acceptors (Lipinski definition) is 3. The summed E-state index contributed by atoms with van der Waals surface area (Å²) in [7, 11) is -0.774. The summed E-state index contributed by atoms with van der Waals surface area (Å²) in [5, 5.41) is 8.38. The average molecular weight is 271 g/mol. The average Bonchev–Trinajstić information content (AvgIpc) is 3.11. The van der Waals surface area contributed by atoms with Crippen LogP contribution < -0.4 is 0 Å². The molecule has 0 heterocycles. The Bertz CT molecular complexity index is 255. The Kier molecular flexibility index (Phi) is 8.59. The number of hydrogen-bond donors (Lipinski definition) is 0. The second-order valence-electron chi connectivity index (χ2n) is 5.05. The molecule has 0 spiro atoms. The summed E-state index contributed by atoms with van der Waals surface area (Å²) in [5.41, 5.74) is 0. The van der Waals surface area contributed by atoms with Crippen LogP contribution in [0.1, 0.15) is 51.9 Å². The quantitative estimate of drug-likeness (QED) is 0.411. The lowest BCUT2D eigenvalue weighted by Gasteiger charge is -2.11. The van der Waals surface area contributed by atoms with Crippen LogP contribution in [0.3, 0.4) is 0 Å². The van der Waals surface area contributed by atoms with Gasteiger partial charge in [0.1, 0.15) is 0 Å². The van der Waals surface area contributed by atoms with E-state index in [4.69, 9.17) is 14.3 Å². The van der Waals surface area contributed by atoms with Gasteiger partial charge in [-0.05, 0) is 31.1 Å². The zero-order valence-electron chi connectivity index (χ0n) is 11.7. The van der Waals surface area contributed by atoms with Crippen LogP contribution in [-0.2, 0) is 9.05 Å². The van der Waals surface area contributed by atoms with Gasteiger partial charge >= 0.3 is 0 Å². The van der Waals surface area contributed by atoms with Crippen molar-refractivity contribution in [2.75, 3.05) is 19.9 Å². The predicted molar refractivity (Wildman–Crippen MR) is 75.3 cm³/mol. The minimum atomic E-state index is -0.774. The van der Waals surface area contributed by atoms with Crippen LogP contribution in [0.4, 0.5) is 0 Å². The monoisotopic (exact) mass is 271 g/mol. The lowest BCUT2D eigenvalue weighted by Crippen LogP contribution is -1.95. The van der Waals surface area contributed by atoms with Gasteiger partial charge in [0.2, 0.25) is 0 Å². The first-order valence-electron chi connectivity index (χ1n) is 7.14. The SMILES string of the molecule is CCCCC1CC1CCCOP(C)OCCC#N. The Morgan fingerprint density at radius 1 is 1.17 bits per heavy atom. The van der Waals surface area contributed by atoms with E-state index in [0.717, 1.165) is 24.9 Å². The van der Waals surface area contributed by atoms with Gasteiger partial charge < -0.3 is 9.05 Å². The minimum Gasteiger partial charge on any atom is -0.334 e. The van der Waals surface area contributed by atoms with Crippen molar-refractivity contribution in [2.24, 2.45) is 11.8 Å². The Morgan fingerprint density at radius 2 is 1.83 bits per heavy atom. The summed E-state index contributed by atoms with van der Waals surface area (Å²) in [6.07, 6.45) is 8.52. The molecule has 1 fully saturated rings. The molecule has 4 heteroatoms. The molecule has 1 rings (SSSR count). The first kappa shape index (κ1) is 15.9. The van der Waals surface area contributed by atoms with Gasteiger partial charge in [-0.2, -0.15) is 5.26 Å². The van der Waals surface area contributed by atoms with Crippen LogP contribution in [-0.4, -0.2) is 19.9 Å². The molecule has 1 aliphatic carbocycles. The van der Waals surface area contributed by atoms with Gasteiger partial charge in [0.05, 0.1) is 25.7 Å². The van der Waals surface area contributed by atoms with E-state index < -0.39 is 8.38 Å². The van der Waals surface area contributed by atoms with Crippen molar-refractivity contribution in [2.45, 2.75) is 51.9 Å². The summed E-state index contributed by atoms with van der Waals surface area (Å²) in [4.78, 5) is 0. The standard InChI is InChI=1S/C14H26NO2P/c1-3-4-7-13-12-14(13)8-5-10-16-18(2)17-11-6-9-15/h13-14H,3-8,10-12H2,1-2H3. The maximum absolute atomic E-state index is 8.38. The molecule has 1 aliphatic rings. The fourth-order valence-corrected chi connectivity index (χ4v) is 3.09. The second kappa shape index (κ2) is 9.73. The third kappa shape index (κ3) is 7.31. The van der Waals surface area contributed by atoms with Crippen LogP contribution in [0.15, 0.2) is 0 Å². The molecule has 3 atom stereocenters. The van der Waals surface area contributed by atoms with Crippen molar-refractivity contribution in [1.29, 1.82) is 5.26 Å². The fraction of sp³-hybridized carbons (Fsp3) is 0.929. The lowest BCUT2D eigenvalue weighted by molar-refractivity contribution is 0.250. The number of rotatable bonds is 11. The molecule has 0 saturated heterocycles. The molecule has 104 valence electrons. The molecule has 0 N–H and O–H groups in total. The molecule has 3 unspecified atom stereocenters. The molecule has 0 aromatic carbocycles. The van der Waals surface area contributed by atoms with Crippen molar-refractivity contribution in [3.05, 3.63) is 0 Å². The van der Waals surface area contributed by atoms with Gasteiger partial charge in [-0.15, -0.1) is 0 Å². The summed E-state index contributed by atoms with van der Waals surface area (Å²) in [5.74, 6) is 1.99. The maximum Gasteiger partial charge on any atom is 0.167 e. The highest BCUT2D eigenvalue weighted by Crippen LogP contribution is 2.45. The Hall–Kier alpha value is -0.160. The second-order valence-corrected chi connectivity index (χ2v) is 6.45. The van der Waals surface area contributed by atoms with Gasteiger partial charge in [-0.1, -0.05) is 26.2 Å². The summed E-state index contributed by atoms with van der Waals surface area (Å²) >= 11 is 0. The molecule has 0 aliphatic heterocycles. The van der Waals surface area contributed by atoms with E-state index in [1.54, 1.807) is 0 Å². The van der Waals surface area contributed by atoms with E-state index >= 15 is 0 Å². The molecular weight excluding hydrogens is 245 g/mol. The molecular formula is C14H26NO2P. The molecule has 0 bridgehead atoms.